The smallest absolute Gasteiger partial charge is 0.105 e. The normalized spacial score (nSPS) is 12.9. The van der Waals surface area contributed by atoms with E-state index in [4.69, 9.17) is 5.84 Å². The Kier molecular flexibility index (Phi) is 3.25. The molecule has 0 aliphatic carbocycles. The highest BCUT2D eigenvalue weighted by Crippen LogP contribution is 2.18. The molecule has 3 N–H and O–H groups in total. The Morgan fingerprint density at radius 3 is 2.80 bits per heavy atom. The van der Waals surface area contributed by atoms with Gasteiger partial charge >= 0.3 is 0 Å². The predicted molar refractivity (Wildman–Crippen MR) is 77.7 cm³/mol. The molecule has 0 spiro atoms. The van der Waals surface area contributed by atoms with E-state index < -0.39 is 0 Å². The zero-order chi connectivity index (χ0) is 14.1. The van der Waals surface area contributed by atoms with Crippen molar-refractivity contribution in [3.63, 3.8) is 0 Å². The molecule has 6 nitrogen and oxygen atoms in total. The van der Waals surface area contributed by atoms with E-state index in [1.165, 1.54) is 0 Å². The third-order valence-electron chi connectivity index (χ3n) is 3.72. The number of imidazole rings is 2. The van der Waals surface area contributed by atoms with Gasteiger partial charge in [-0.3, -0.25) is 5.84 Å². The van der Waals surface area contributed by atoms with Crippen molar-refractivity contribution in [1.82, 2.24) is 24.5 Å². The number of fused-ring (bicyclic) bond motifs is 1. The summed E-state index contributed by atoms with van der Waals surface area (Å²) in [6, 6.07) is 8.05. The van der Waals surface area contributed by atoms with Crippen molar-refractivity contribution in [2.45, 2.75) is 19.5 Å². The van der Waals surface area contributed by atoms with Crippen molar-refractivity contribution in [3.8, 4) is 0 Å². The van der Waals surface area contributed by atoms with Gasteiger partial charge in [0.05, 0.1) is 35.3 Å². The number of hydrogen-bond acceptors (Lipinski definition) is 4. The molecule has 0 bridgehead atoms. The lowest BCUT2D eigenvalue weighted by Gasteiger charge is -2.17. The molecule has 0 aliphatic rings. The van der Waals surface area contributed by atoms with Crippen LogP contribution in [0.1, 0.15) is 17.6 Å². The molecule has 3 aromatic rings. The number of aromatic nitrogens is 4. The number of rotatable bonds is 4. The van der Waals surface area contributed by atoms with Gasteiger partial charge in [0.2, 0.25) is 0 Å². The third kappa shape index (κ3) is 2.09. The van der Waals surface area contributed by atoms with E-state index in [1.807, 2.05) is 49.3 Å². The summed E-state index contributed by atoms with van der Waals surface area (Å²) >= 11 is 0. The van der Waals surface area contributed by atoms with Crippen LogP contribution in [0.25, 0.3) is 11.0 Å². The number of hydrogen-bond donors (Lipinski definition) is 2. The molecule has 2 heterocycles. The molecule has 0 radical (unpaired) electrons. The second-order valence-corrected chi connectivity index (χ2v) is 4.89. The maximum atomic E-state index is 5.72. The Hall–Kier alpha value is -2.18. The van der Waals surface area contributed by atoms with Gasteiger partial charge in [-0.2, -0.15) is 0 Å². The molecule has 0 fully saturated rings. The highest BCUT2D eigenvalue weighted by atomic mass is 15.3. The fourth-order valence-electron chi connectivity index (χ4n) is 2.43. The van der Waals surface area contributed by atoms with Gasteiger partial charge < -0.3 is 9.13 Å². The number of nitrogens with two attached hydrogens (primary N) is 1. The fourth-order valence-corrected chi connectivity index (χ4v) is 2.43. The van der Waals surface area contributed by atoms with Crippen LogP contribution in [-0.2, 0) is 13.6 Å². The highest BCUT2D eigenvalue weighted by molar-refractivity contribution is 5.74. The molecule has 0 saturated heterocycles. The minimum atomic E-state index is -0.0150. The molecular weight excluding hydrogens is 252 g/mol. The Labute approximate surface area is 117 Å². The SMILES string of the molecule is Cc1ncc(C(Cn2cnc3ccccc32)NN)n1C. The molecule has 20 heavy (non-hydrogen) atoms. The highest BCUT2D eigenvalue weighted by Gasteiger charge is 2.16. The minimum Gasteiger partial charge on any atom is -0.334 e. The Bertz CT molecular complexity index is 726. The first kappa shape index (κ1) is 12.8. The van der Waals surface area contributed by atoms with E-state index >= 15 is 0 Å². The Balaban J connectivity index is 1.94. The number of benzene rings is 1. The average molecular weight is 270 g/mol. The number of nitrogens with one attached hydrogen (secondary N) is 1. The van der Waals surface area contributed by atoms with Crippen molar-refractivity contribution in [2.24, 2.45) is 12.9 Å². The molecule has 0 amide bonds. The van der Waals surface area contributed by atoms with Gasteiger partial charge in [-0.05, 0) is 19.1 Å². The van der Waals surface area contributed by atoms with Gasteiger partial charge in [-0.15, -0.1) is 0 Å². The zero-order valence-corrected chi connectivity index (χ0v) is 11.6. The van der Waals surface area contributed by atoms with Gasteiger partial charge in [0.15, 0.2) is 0 Å². The molecule has 1 atom stereocenters. The van der Waals surface area contributed by atoms with Crippen LogP contribution in [0, 0.1) is 6.92 Å². The van der Waals surface area contributed by atoms with Crippen molar-refractivity contribution >= 4 is 11.0 Å². The summed E-state index contributed by atoms with van der Waals surface area (Å²) in [6.07, 6.45) is 3.71. The summed E-state index contributed by atoms with van der Waals surface area (Å²) in [7, 11) is 1.99. The summed E-state index contributed by atoms with van der Waals surface area (Å²) in [5.74, 6) is 6.69. The van der Waals surface area contributed by atoms with Crippen LogP contribution in [0.5, 0.6) is 0 Å². The largest absolute Gasteiger partial charge is 0.334 e. The lowest BCUT2D eigenvalue weighted by molar-refractivity contribution is 0.459. The first-order valence-electron chi connectivity index (χ1n) is 6.55. The molecule has 2 aromatic heterocycles. The zero-order valence-electron chi connectivity index (χ0n) is 11.6. The van der Waals surface area contributed by atoms with Gasteiger partial charge in [0, 0.05) is 13.6 Å². The summed E-state index contributed by atoms with van der Waals surface area (Å²) in [4.78, 5) is 8.72. The summed E-state index contributed by atoms with van der Waals surface area (Å²) < 4.78 is 4.14. The summed E-state index contributed by atoms with van der Waals surface area (Å²) in [5, 5.41) is 0. The number of para-hydroxylation sites is 2. The van der Waals surface area contributed by atoms with E-state index in [1.54, 1.807) is 0 Å². The number of aryl methyl sites for hydroxylation is 1. The second-order valence-electron chi connectivity index (χ2n) is 4.89. The van der Waals surface area contributed by atoms with Crippen LogP contribution >= 0.6 is 0 Å². The van der Waals surface area contributed by atoms with Crippen LogP contribution in [-0.4, -0.2) is 19.1 Å². The van der Waals surface area contributed by atoms with Crippen LogP contribution < -0.4 is 11.3 Å². The van der Waals surface area contributed by atoms with E-state index in [2.05, 4.69) is 26.0 Å². The van der Waals surface area contributed by atoms with E-state index in [-0.39, 0.29) is 6.04 Å². The fraction of sp³-hybridized carbons (Fsp3) is 0.286. The van der Waals surface area contributed by atoms with Crippen LogP contribution in [0.15, 0.2) is 36.8 Å². The van der Waals surface area contributed by atoms with Crippen LogP contribution in [0.3, 0.4) is 0 Å². The lowest BCUT2D eigenvalue weighted by atomic mass is 10.2. The predicted octanol–water partition coefficient (Wildman–Crippen LogP) is 1.28. The first-order valence-corrected chi connectivity index (χ1v) is 6.55. The molecule has 6 heteroatoms. The van der Waals surface area contributed by atoms with E-state index in [9.17, 15) is 0 Å². The maximum absolute atomic E-state index is 5.72. The molecule has 104 valence electrons. The van der Waals surface area contributed by atoms with Crippen LogP contribution in [0.4, 0.5) is 0 Å². The van der Waals surface area contributed by atoms with Crippen LogP contribution in [0.2, 0.25) is 0 Å². The molecule has 1 unspecified atom stereocenters. The lowest BCUT2D eigenvalue weighted by Crippen LogP contribution is -2.32. The van der Waals surface area contributed by atoms with Crippen molar-refractivity contribution < 1.29 is 0 Å². The third-order valence-corrected chi connectivity index (χ3v) is 3.72. The van der Waals surface area contributed by atoms with Gasteiger partial charge in [0.25, 0.3) is 0 Å². The minimum absolute atomic E-state index is 0.0150. The standard InChI is InChI=1S/C14H18N6/c1-10-16-7-14(19(10)2)12(18-15)8-20-9-17-11-5-3-4-6-13(11)20/h3-7,9,12,18H,8,15H2,1-2H3. The van der Waals surface area contributed by atoms with E-state index in [0.717, 1.165) is 22.6 Å². The molecule has 0 aliphatic heterocycles. The summed E-state index contributed by atoms with van der Waals surface area (Å²) in [5.41, 5.74) is 6.02. The van der Waals surface area contributed by atoms with Crippen molar-refractivity contribution in [2.75, 3.05) is 0 Å². The quantitative estimate of drug-likeness (QED) is 0.553. The van der Waals surface area contributed by atoms with Gasteiger partial charge in [-0.1, -0.05) is 12.1 Å². The molecule has 1 aromatic carbocycles. The topological polar surface area (TPSA) is 73.7 Å². The Morgan fingerprint density at radius 2 is 2.10 bits per heavy atom. The van der Waals surface area contributed by atoms with Gasteiger partial charge in [-0.25, -0.2) is 15.4 Å². The van der Waals surface area contributed by atoms with Crippen molar-refractivity contribution in [3.05, 3.63) is 48.3 Å². The molecular formula is C14H18N6. The van der Waals surface area contributed by atoms with Crippen molar-refractivity contribution in [1.29, 1.82) is 0 Å². The van der Waals surface area contributed by atoms with Gasteiger partial charge in [0.1, 0.15) is 5.82 Å². The number of hydrazine groups is 1. The number of nitrogens with zero attached hydrogens (tertiary/aromatic N) is 4. The Morgan fingerprint density at radius 1 is 1.30 bits per heavy atom. The summed E-state index contributed by atoms with van der Waals surface area (Å²) in [6.45, 7) is 2.68. The molecule has 0 saturated carbocycles. The average Bonchev–Trinajstić information content (AvgIpc) is 3.02. The van der Waals surface area contributed by atoms with E-state index in [0.29, 0.717) is 6.54 Å². The second kappa shape index (κ2) is 5.07. The maximum Gasteiger partial charge on any atom is 0.105 e. The monoisotopic (exact) mass is 270 g/mol. The molecule has 3 rings (SSSR count). The first-order chi connectivity index (χ1) is 9.70.